The van der Waals surface area contributed by atoms with E-state index in [0.717, 1.165) is 12.1 Å². The number of hydrogen-bond donors (Lipinski definition) is 2. The first kappa shape index (κ1) is 24.5. The topological polar surface area (TPSA) is 114 Å². The van der Waals surface area contributed by atoms with Crippen molar-refractivity contribution in [1.82, 2.24) is 9.62 Å². The van der Waals surface area contributed by atoms with Crippen LogP contribution in [0.15, 0.2) is 35.2 Å². The Balaban J connectivity index is 1.72. The van der Waals surface area contributed by atoms with E-state index in [1.165, 1.54) is 23.5 Å². The van der Waals surface area contributed by atoms with E-state index in [4.69, 9.17) is 9.47 Å². The van der Waals surface area contributed by atoms with Gasteiger partial charge in [-0.05, 0) is 30.3 Å². The van der Waals surface area contributed by atoms with E-state index in [1.54, 1.807) is 0 Å². The lowest BCUT2D eigenvalue weighted by Gasteiger charge is -2.26. The van der Waals surface area contributed by atoms with Crippen molar-refractivity contribution >= 4 is 27.5 Å². The second-order valence-corrected chi connectivity index (χ2v) is 8.74. The molecular formula is C20H20F3N3O6S. The largest absolute Gasteiger partial charge is 0.495 e. The molecule has 1 aliphatic rings. The molecule has 0 radical (unpaired) electrons. The van der Waals surface area contributed by atoms with Gasteiger partial charge in [-0.25, -0.2) is 21.6 Å². The Bertz CT molecular complexity index is 1170. The fraction of sp³-hybridized carbons (Fsp3) is 0.300. The van der Waals surface area contributed by atoms with E-state index in [1.807, 2.05) is 5.32 Å². The predicted molar refractivity (Wildman–Crippen MR) is 110 cm³/mol. The number of carbonyl (C=O) groups is 2. The monoisotopic (exact) mass is 487 g/mol. The number of sulfonamides is 1. The molecule has 1 heterocycles. The smallest absolute Gasteiger partial charge is 0.251 e. The number of morpholine rings is 1. The van der Waals surface area contributed by atoms with Gasteiger partial charge in [-0.1, -0.05) is 0 Å². The third kappa shape index (κ3) is 5.43. The number of benzene rings is 2. The summed E-state index contributed by atoms with van der Waals surface area (Å²) in [7, 11) is -2.70. The molecule has 0 spiro atoms. The summed E-state index contributed by atoms with van der Waals surface area (Å²) < 4.78 is 77.4. The van der Waals surface area contributed by atoms with Gasteiger partial charge in [0, 0.05) is 18.7 Å². The normalized spacial score (nSPS) is 14.5. The molecule has 0 atom stereocenters. The van der Waals surface area contributed by atoms with E-state index in [0.29, 0.717) is 6.07 Å². The van der Waals surface area contributed by atoms with Crippen molar-refractivity contribution in [2.24, 2.45) is 0 Å². The van der Waals surface area contributed by atoms with Gasteiger partial charge >= 0.3 is 0 Å². The minimum Gasteiger partial charge on any atom is -0.495 e. The summed E-state index contributed by atoms with van der Waals surface area (Å²) in [5, 5.41) is 4.26. The minimum absolute atomic E-state index is 0.0320. The maximum Gasteiger partial charge on any atom is 0.251 e. The van der Waals surface area contributed by atoms with E-state index >= 15 is 0 Å². The van der Waals surface area contributed by atoms with Gasteiger partial charge in [0.05, 0.1) is 32.6 Å². The van der Waals surface area contributed by atoms with Gasteiger partial charge in [-0.3, -0.25) is 9.59 Å². The summed E-state index contributed by atoms with van der Waals surface area (Å²) in [6.07, 6.45) is 0. The van der Waals surface area contributed by atoms with E-state index in [2.05, 4.69) is 5.32 Å². The lowest BCUT2D eigenvalue weighted by molar-refractivity contribution is -0.115. The van der Waals surface area contributed by atoms with Gasteiger partial charge in [0.1, 0.15) is 10.6 Å². The van der Waals surface area contributed by atoms with Crippen LogP contribution in [0.2, 0.25) is 0 Å². The SMILES string of the molecule is COc1ccc(C(=O)NCC(=O)Nc2ccc(F)c(F)c2F)cc1S(=O)(=O)N1CCOCC1. The Morgan fingerprint density at radius 1 is 1.09 bits per heavy atom. The quantitative estimate of drug-likeness (QED) is 0.573. The first-order valence-electron chi connectivity index (χ1n) is 9.62. The van der Waals surface area contributed by atoms with E-state index < -0.39 is 51.5 Å². The van der Waals surface area contributed by atoms with Gasteiger partial charge in [0.25, 0.3) is 5.91 Å². The van der Waals surface area contributed by atoms with Crippen LogP contribution >= 0.6 is 0 Å². The molecule has 1 fully saturated rings. The molecule has 2 aromatic carbocycles. The molecule has 0 aromatic heterocycles. The second kappa shape index (κ2) is 10.2. The number of rotatable bonds is 7. The van der Waals surface area contributed by atoms with Crippen LogP contribution in [0.1, 0.15) is 10.4 Å². The average Bonchev–Trinajstić information content (AvgIpc) is 2.83. The first-order valence-corrected chi connectivity index (χ1v) is 11.1. The molecule has 2 aromatic rings. The zero-order valence-corrected chi connectivity index (χ0v) is 18.2. The summed E-state index contributed by atoms with van der Waals surface area (Å²) >= 11 is 0. The summed E-state index contributed by atoms with van der Waals surface area (Å²) in [6.45, 7) is 0.102. The van der Waals surface area contributed by atoms with E-state index in [9.17, 15) is 31.2 Å². The second-order valence-electron chi connectivity index (χ2n) is 6.84. The Hall–Kier alpha value is -3.16. The lowest BCUT2D eigenvalue weighted by Crippen LogP contribution is -2.40. The highest BCUT2D eigenvalue weighted by Crippen LogP contribution is 2.28. The molecule has 0 bridgehead atoms. The summed E-state index contributed by atoms with van der Waals surface area (Å²) in [6, 6.07) is 5.20. The van der Waals surface area contributed by atoms with Gasteiger partial charge in [0.15, 0.2) is 17.5 Å². The molecule has 33 heavy (non-hydrogen) atoms. The van der Waals surface area contributed by atoms with Crippen molar-refractivity contribution in [3.63, 3.8) is 0 Å². The fourth-order valence-corrected chi connectivity index (χ4v) is 4.61. The fourth-order valence-electron chi connectivity index (χ4n) is 3.03. The van der Waals surface area contributed by atoms with Crippen LogP contribution in [0.4, 0.5) is 18.9 Å². The van der Waals surface area contributed by atoms with Crippen molar-refractivity contribution in [2.45, 2.75) is 4.90 Å². The molecule has 0 saturated carbocycles. The third-order valence-electron chi connectivity index (χ3n) is 4.73. The maximum atomic E-state index is 13.7. The van der Waals surface area contributed by atoms with Crippen LogP contribution in [0.5, 0.6) is 5.75 Å². The minimum atomic E-state index is -3.98. The van der Waals surface area contributed by atoms with Gasteiger partial charge < -0.3 is 20.1 Å². The molecule has 1 aliphatic heterocycles. The van der Waals surface area contributed by atoms with Crippen LogP contribution in [-0.2, 0) is 19.6 Å². The van der Waals surface area contributed by atoms with Crippen molar-refractivity contribution in [2.75, 3.05) is 45.3 Å². The predicted octanol–water partition coefficient (Wildman–Crippen LogP) is 1.50. The Morgan fingerprint density at radius 3 is 2.45 bits per heavy atom. The zero-order chi connectivity index (χ0) is 24.2. The molecule has 0 unspecified atom stereocenters. The van der Waals surface area contributed by atoms with Gasteiger partial charge in [-0.2, -0.15) is 4.31 Å². The standard InChI is InChI=1S/C20H20F3N3O6S/c1-31-15-5-2-12(10-16(15)33(29,30)26-6-8-32-9-7-26)20(28)24-11-17(27)25-14-4-3-13(21)18(22)19(14)23/h2-5,10H,6-9,11H2,1H3,(H,24,28)(H,25,27). The number of methoxy groups -OCH3 is 1. The highest BCUT2D eigenvalue weighted by molar-refractivity contribution is 7.89. The summed E-state index contributed by atoms with van der Waals surface area (Å²) in [5.41, 5.74) is -0.675. The number of halogens is 3. The van der Waals surface area contributed by atoms with Gasteiger partial charge in [-0.15, -0.1) is 0 Å². The highest BCUT2D eigenvalue weighted by atomic mass is 32.2. The number of amides is 2. The first-order chi connectivity index (χ1) is 15.6. The Labute approximate surface area is 187 Å². The molecular weight excluding hydrogens is 467 g/mol. The number of hydrogen-bond acceptors (Lipinski definition) is 6. The number of ether oxygens (including phenoxy) is 2. The molecule has 3 rings (SSSR count). The van der Waals surface area contributed by atoms with Crippen molar-refractivity contribution in [1.29, 1.82) is 0 Å². The van der Waals surface area contributed by atoms with Crippen LogP contribution < -0.4 is 15.4 Å². The van der Waals surface area contributed by atoms with E-state index in [-0.39, 0.29) is 42.5 Å². The number of nitrogens with zero attached hydrogens (tertiary/aromatic N) is 1. The number of anilines is 1. The average molecular weight is 487 g/mol. The highest BCUT2D eigenvalue weighted by Gasteiger charge is 2.30. The number of nitrogens with one attached hydrogen (secondary N) is 2. The van der Waals surface area contributed by atoms with Crippen molar-refractivity contribution in [3.05, 3.63) is 53.3 Å². The Kier molecular flexibility index (Phi) is 7.56. The maximum absolute atomic E-state index is 13.7. The summed E-state index contributed by atoms with van der Waals surface area (Å²) in [5.74, 6) is -6.42. The lowest BCUT2D eigenvalue weighted by atomic mass is 10.2. The van der Waals surface area contributed by atoms with Crippen molar-refractivity contribution < 1.29 is 40.7 Å². The molecule has 13 heteroatoms. The number of carbonyl (C=O) groups excluding carboxylic acids is 2. The zero-order valence-electron chi connectivity index (χ0n) is 17.4. The van der Waals surface area contributed by atoms with Crippen LogP contribution in [-0.4, -0.2) is 64.5 Å². The molecule has 2 N–H and O–H groups in total. The van der Waals surface area contributed by atoms with Crippen LogP contribution in [0, 0.1) is 17.5 Å². The van der Waals surface area contributed by atoms with Gasteiger partial charge in [0.2, 0.25) is 15.9 Å². The molecule has 1 saturated heterocycles. The molecule has 9 nitrogen and oxygen atoms in total. The van der Waals surface area contributed by atoms with Crippen molar-refractivity contribution in [3.8, 4) is 5.75 Å². The third-order valence-corrected chi connectivity index (χ3v) is 6.65. The molecule has 2 amide bonds. The Morgan fingerprint density at radius 2 is 1.79 bits per heavy atom. The molecule has 178 valence electrons. The molecule has 0 aliphatic carbocycles. The van der Waals surface area contributed by atoms with Crippen LogP contribution in [0.25, 0.3) is 0 Å². The van der Waals surface area contributed by atoms with Crippen LogP contribution in [0.3, 0.4) is 0 Å². The summed E-state index contributed by atoms with van der Waals surface area (Å²) in [4.78, 5) is 24.2.